The molecule has 2 unspecified atom stereocenters. The molecule has 6 heteroatoms. The van der Waals surface area contributed by atoms with E-state index in [2.05, 4.69) is 17.6 Å². The van der Waals surface area contributed by atoms with Gasteiger partial charge in [0.1, 0.15) is 5.82 Å². The first kappa shape index (κ1) is 21.4. The molecule has 1 heterocycles. The zero-order chi connectivity index (χ0) is 21.0. The molecule has 0 spiro atoms. The molecule has 3 nitrogen and oxygen atoms in total. The minimum Gasteiger partial charge on any atom is -0.376 e. The van der Waals surface area contributed by atoms with E-state index < -0.39 is 12.0 Å². The first-order valence-electron chi connectivity index (χ1n) is 10.1. The van der Waals surface area contributed by atoms with Crippen LogP contribution >= 0.6 is 0 Å². The second-order valence-electron chi connectivity index (χ2n) is 7.70. The van der Waals surface area contributed by atoms with Crippen LogP contribution in [0.1, 0.15) is 43.4 Å². The van der Waals surface area contributed by atoms with Crippen molar-refractivity contribution >= 4 is 11.4 Å². The highest BCUT2D eigenvalue weighted by Crippen LogP contribution is 2.28. The van der Waals surface area contributed by atoms with Gasteiger partial charge >= 0.3 is 0 Å². The molecule has 0 aliphatic carbocycles. The van der Waals surface area contributed by atoms with Gasteiger partial charge in [-0.3, -0.25) is 4.99 Å². The lowest BCUT2D eigenvalue weighted by Gasteiger charge is -2.33. The van der Waals surface area contributed by atoms with Crippen LogP contribution in [0.25, 0.3) is 0 Å². The lowest BCUT2D eigenvalue weighted by Crippen LogP contribution is -2.52. The standard InChI is InChI=1S/C23H28F3N3/c1-4-16(3)28-22(17-6-5-7-18(24)13-17)20-9-8-19(12-15(20)2)29-21-10-11-27-14-23(21,25)26/h5-9,12-13,16,21,27,29H,4,10-11,14H2,1-3H3. The van der Waals surface area contributed by atoms with Crippen molar-refractivity contribution in [2.24, 2.45) is 4.99 Å². The fraction of sp³-hybridized carbons (Fsp3) is 0.435. The summed E-state index contributed by atoms with van der Waals surface area (Å²) in [7, 11) is 0. The number of benzene rings is 2. The predicted molar refractivity (Wildman–Crippen MR) is 113 cm³/mol. The van der Waals surface area contributed by atoms with E-state index in [1.807, 2.05) is 32.0 Å². The Hall–Kier alpha value is -2.34. The van der Waals surface area contributed by atoms with Crippen molar-refractivity contribution in [2.45, 2.75) is 51.6 Å². The molecule has 1 fully saturated rings. The van der Waals surface area contributed by atoms with Gasteiger partial charge in [0, 0.05) is 22.9 Å². The van der Waals surface area contributed by atoms with E-state index in [-0.39, 0.29) is 18.4 Å². The van der Waals surface area contributed by atoms with Crippen molar-refractivity contribution in [3.8, 4) is 0 Å². The molecule has 1 aliphatic rings. The van der Waals surface area contributed by atoms with Gasteiger partial charge in [-0.15, -0.1) is 0 Å². The molecule has 0 bridgehead atoms. The van der Waals surface area contributed by atoms with Crippen molar-refractivity contribution in [3.05, 3.63) is 65.0 Å². The molecule has 2 N–H and O–H groups in total. The molecule has 1 aliphatic heterocycles. The smallest absolute Gasteiger partial charge is 0.279 e. The number of aliphatic imine (C=N–C) groups is 1. The molecule has 3 rings (SSSR count). The van der Waals surface area contributed by atoms with Crippen molar-refractivity contribution in [1.82, 2.24) is 5.32 Å². The minimum absolute atomic E-state index is 0.0823. The number of alkyl halides is 2. The van der Waals surface area contributed by atoms with E-state index >= 15 is 0 Å². The lowest BCUT2D eigenvalue weighted by molar-refractivity contribution is -0.0321. The van der Waals surface area contributed by atoms with Crippen molar-refractivity contribution in [1.29, 1.82) is 0 Å². The third-order valence-corrected chi connectivity index (χ3v) is 5.34. The summed E-state index contributed by atoms with van der Waals surface area (Å²) < 4.78 is 42.1. The molecule has 0 aromatic heterocycles. The van der Waals surface area contributed by atoms with E-state index in [4.69, 9.17) is 4.99 Å². The zero-order valence-electron chi connectivity index (χ0n) is 17.1. The summed E-state index contributed by atoms with van der Waals surface area (Å²) in [6.45, 7) is 6.25. The van der Waals surface area contributed by atoms with Gasteiger partial charge in [0.2, 0.25) is 0 Å². The Labute approximate surface area is 170 Å². The highest BCUT2D eigenvalue weighted by atomic mass is 19.3. The molecule has 2 aromatic rings. The predicted octanol–water partition coefficient (Wildman–Crippen LogP) is 5.18. The minimum atomic E-state index is -2.80. The third kappa shape index (κ3) is 5.18. The Morgan fingerprint density at radius 3 is 2.72 bits per heavy atom. The molecular weight excluding hydrogens is 375 g/mol. The fourth-order valence-corrected chi connectivity index (χ4v) is 3.48. The average molecular weight is 403 g/mol. The van der Waals surface area contributed by atoms with Crippen molar-refractivity contribution in [2.75, 3.05) is 18.4 Å². The lowest BCUT2D eigenvalue weighted by atomic mass is 9.96. The Morgan fingerprint density at radius 2 is 2.07 bits per heavy atom. The number of anilines is 1. The Bertz CT molecular complexity index is 879. The number of hydrogen-bond acceptors (Lipinski definition) is 3. The second-order valence-corrected chi connectivity index (χ2v) is 7.70. The SMILES string of the molecule is CCC(C)N=C(c1cccc(F)c1)c1ccc(NC2CCNCC2(F)F)cc1C. The maximum absolute atomic E-state index is 14.1. The summed E-state index contributed by atoms with van der Waals surface area (Å²) in [6.07, 6.45) is 1.22. The van der Waals surface area contributed by atoms with Gasteiger partial charge in [-0.2, -0.15) is 0 Å². The van der Waals surface area contributed by atoms with Gasteiger partial charge in [-0.05, 0) is 63.1 Å². The largest absolute Gasteiger partial charge is 0.376 e. The monoisotopic (exact) mass is 403 g/mol. The van der Waals surface area contributed by atoms with E-state index in [9.17, 15) is 13.2 Å². The van der Waals surface area contributed by atoms with Gasteiger partial charge in [-0.1, -0.05) is 25.1 Å². The topological polar surface area (TPSA) is 36.4 Å². The average Bonchev–Trinajstić information content (AvgIpc) is 2.68. The Balaban J connectivity index is 1.92. The molecule has 2 aromatic carbocycles. The summed E-state index contributed by atoms with van der Waals surface area (Å²) in [5, 5.41) is 5.73. The summed E-state index contributed by atoms with van der Waals surface area (Å²) in [4.78, 5) is 4.81. The van der Waals surface area contributed by atoms with Crippen LogP contribution in [0.2, 0.25) is 0 Å². The third-order valence-electron chi connectivity index (χ3n) is 5.34. The highest BCUT2D eigenvalue weighted by Gasteiger charge is 2.41. The number of piperidine rings is 1. The molecular formula is C23H28F3N3. The fourth-order valence-electron chi connectivity index (χ4n) is 3.48. The number of nitrogens with one attached hydrogen (secondary N) is 2. The normalized spacial score (nSPS) is 20.3. The molecule has 29 heavy (non-hydrogen) atoms. The zero-order valence-corrected chi connectivity index (χ0v) is 17.1. The van der Waals surface area contributed by atoms with Crippen molar-refractivity contribution in [3.63, 3.8) is 0 Å². The Morgan fingerprint density at radius 1 is 1.28 bits per heavy atom. The number of aryl methyl sites for hydroxylation is 1. The van der Waals surface area contributed by atoms with Crippen LogP contribution < -0.4 is 10.6 Å². The maximum atomic E-state index is 14.1. The van der Waals surface area contributed by atoms with E-state index in [0.29, 0.717) is 24.2 Å². The van der Waals surface area contributed by atoms with E-state index in [0.717, 1.165) is 23.3 Å². The number of halogens is 3. The molecule has 0 amide bonds. The Kier molecular flexibility index (Phi) is 6.63. The first-order valence-corrected chi connectivity index (χ1v) is 10.1. The van der Waals surface area contributed by atoms with Gasteiger partial charge < -0.3 is 10.6 Å². The van der Waals surface area contributed by atoms with E-state index in [1.54, 1.807) is 12.1 Å². The van der Waals surface area contributed by atoms with Crippen LogP contribution in [-0.4, -0.2) is 36.8 Å². The van der Waals surface area contributed by atoms with Gasteiger partial charge in [0.25, 0.3) is 5.92 Å². The summed E-state index contributed by atoms with van der Waals surface area (Å²) >= 11 is 0. The number of nitrogens with zero attached hydrogens (tertiary/aromatic N) is 1. The molecule has 1 saturated heterocycles. The molecule has 2 atom stereocenters. The van der Waals surface area contributed by atoms with Gasteiger partial charge in [0.15, 0.2) is 0 Å². The van der Waals surface area contributed by atoms with Crippen LogP contribution in [0, 0.1) is 12.7 Å². The highest BCUT2D eigenvalue weighted by molar-refractivity contribution is 6.14. The van der Waals surface area contributed by atoms with Gasteiger partial charge in [-0.25, -0.2) is 13.2 Å². The number of hydrogen-bond donors (Lipinski definition) is 2. The number of rotatable bonds is 6. The van der Waals surface area contributed by atoms with Crippen LogP contribution in [0.3, 0.4) is 0 Å². The summed E-state index contributed by atoms with van der Waals surface area (Å²) in [6, 6.07) is 11.1. The second kappa shape index (κ2) is 8.99. The van der Waals surface area contributed by atoms with Crippen molar-refractivity contribution < 1.29 is 13.2 Å². The van der Waals surface area contributed by atoms with Crippen LogP contribution in [0.15, 0.2) is 47.5 Å². The molecule has 156 valence electrons. The van der Waals surface area contributed by atoms with Crippen LogP contribution in [0.5, 0.6) is 0 Å². The van der Waals surface area contributed by atoms with Crippen LogP contribution in [-0.2, 0) is 0 Å². The summed E-state index contributed by atoms with van der Waals surface area (Å²) in [5.41, 5.74) is 3.85. The summed E-state index contributed by atoms with van der Waals surface area (Å²) in [5.74, 6) is -3.11. The quantitative estimate of drug-likeness (QED) is 0.652. The molecule has 0 radical (unpaired) electrons. The maximum Gasteiger partial charge on any atom is 0.279 e. The van der Waals surface area contributed by atoms with E-state index in [1.165, 1.54) is 12.1 Å². The van der Waals surface area contributed by atoms with Crippen LogP contribution in [0.4, 0.5) is 18.9 Å². The van der Waals surface area contributed by atoms with Gasteiger partial charge in [0.05, 0.1) is 18.3 Å². The molecule has 0 saturated carbocycles. The first-order chi connectivity index (χ1) is 13.8.